The molecule has 3 heteroatoms. The predicted octanol–water partition coefficient (Wildman–Crippen LogP) is 3.17. The largest absolute Gasteiger partial charge is 0.497 e. The molecule has 2 rings (SSSR count). The second-order valence-electron chi connectivity index (χ2n) is 4.42. The normalized spacial score (nSPS) is 14.3. The fourth-order valence-corrected chi connectivity index (χ4v) is 2.66. The second-order valence-corrected chi connectivity index (χ2v) is 5.37. The quantitative estimate of drug-likeness (QED) is 0.900. The summed E-state index contributed by atoms with van der Waals surface area (Å²) in [6.45, 7) is 2.07. The van der Waals surface area contributed by atoms with Gasteiger partial charge in [0.15, 0.2) is 0 Å². The van der Waals surface area contributed by atoms with Crippen molar-refractivity contribution < 1.29 is 4.74 Å². The minimum Gasteiger partial charge on any atom is -0.497 e. The number of methoxy groups -OCH3 is 1. The molecule has 0 aliphatic carbocycles. The van der Waals surface area contributed by atoms with Crippen LogP contribution in [0.25, 0.3) is 0 Å². The molecule has 0 aliphatic rings. The zero-order valence-electron chi connectivity index (χ0n) is 10.1. The van der Waals surface area contributed by atoms with E-state index in [1.54, 1.807) is 18.4 Å². The third kappa shape index (κ3) is 2.87. The van der Waals surface area contributed by atoms with Gasteiger partial charge in [0.2, 0.25) is 0 Å². The summed E-state index contributed by atoms with van der Waals surface area (Å²) < 4.78 is 5.14. The van der Waals surface area contributed by atoms with Crippen LogP contribution in [0.4, 0.5) is 0 Å². The molecule has 2 N–H and O–H groups in total. The van der Waals surface area contributed by atoms with E-state index in [1.807, 2.05) is 18.2 Å². The molecule has 0 radical (unpaired) electrons. The minimum atomic E-state index is -0.303. The molecule has 1 aromatic heterocycles. The zero-order valence-corrected chi connectivity index (χ0v) is 11.0. The van der Waals surface area contributed by atoms with E-state index in [1.165, 1.54) is 10.4 Å². The van der Waals surface area contributed by atoms with Gasteiger partial charge in [-0.1, -0.05) is 18.2 Å². The van der Waals surface area contributed by atoms with Crippen LogP contribution in [0.2, 0.25) is 0 Å². The van der Waals surface area contributed by atoms with Crippen LogP contribution in [-0.2, 0) is 12.0 Å². The molecule has 2 aromatic rings. The summed E-state index contributed by atoms with van der Waals surface area (Å²) in [6.07, 6.45) is 0.831. The van der Waals surface area contributed by atoms with Crippen LogP contribution in [0.15, 0.2) is 41.8 Å². The van der Waals surface area contributed by atoms with Gasteiger partial charge in [-0.05, 0) is 42.5 Å². The summed E-state index contributed by atoms with van der Waals surface area (Å²) in [5.41, 5.74) is 7.29. The molecular formula is C14H17NOS. The molecule has 0 saturated carbocycles. The number of ether oxygens (including phenoxy) is 1. The van der Waals surface area contributed by atoms with Gasteiger partial charge < -0.3 is 10.5 Å². The van der Waals surface area contributed by atoms with Crippen LogP contribution in [0.5, 0.6) is 5.75 Å². The van der Waals surface area contributed by atoms with E-state index in [4.69, 9.17) is 10.5 Å². The Morgan fingerprint density at radius 1 is 1.24 bits per heavy atom. The van der Waals surface area contributed by atoms with Crippen molar-refractivity contribution in [3.05, 3.63) is 52.2 Å². The van der Waals surface area contributed by atoms with Gasteiger partial charge in [-0.2, -0.15) is 0 Å². The first-order valence-corrected chi connectivity index (χ1v) is 6.45. The molecule has 0 aliphatic heterocycles. The van der Waals surface area contributed by atoms with Crippen LogP contribution < -0.4 is 10.5 Å². The number of hydrogen-bond donors (Lipinski definition) is 1. The van der Waals surface area contributed by atoms with E-state index in [2.05, 4.69) is 30.5 Å². The Labute approximate surface area is 106 Å². The summed E-state index contributed by atoms with van der Waals surface area (Å²) in [5, 5.41) is 2.06. The molecule has 0 spiro atoms. The Balaban J connectivity index is 2.14. The summed E-state index contributed by atoms with van der Waals surface area (Å²) in [5.74, 6) is 0.878. The first-order chi connectivity index (χ1) is 8.12. The van der Waals surface area contributed by atoms with Gasteiger partial charge in [-0.25, -0.2) is 0 Å². The predicted molar refractivity (Wildman–Crippen MR) is 72.6 cm³/mol. The third-order valence-electron chi connectivity index (χ3n) is 2.81. The smallest absolute Gasteiger partial charge is 0.118 e. The fourth-order valence-electron chi connectivity index (χ4n) is 1.86. The molecule has 17 heavy (non-hydrogen) atoms. The molecule has 1 atom stereocenters. The highest BCUT2D eigenvalue weighted by Crippen LogP contribution is 2.27. The van der Waals surface area contributed by atoms with E-state index < -0.39 is 0 Å². The molecule has 1 aromatic carbocycles. The lowest BCUT2D eigenvalue weighted by Gasteiger charge is -2.23. The van der Waals surface area contributed by atoms with Crippen LogP contribution >= 0.6 is 11.3 Å². The summed E-state index contributed by atoms with van der Waals surface area (Å²) in [4.78, 5) is 1.22. The Bertz CT molecular complexity index is 459. The number of benzene rings is 1. The second kappa shape index (κ2) is 4.90. The van der Waals surface area contributed by atoms with Crippen molar-refractivity contribution >= 4 is 11.3 Å². The van der Waals surface area contributed by atoms with Gasteiger partial charge in [0.25, 0.3) is 0 Å². The van der Waals surface area contributed by atoms with Crippen LogP contribution in [0.3, 0.4) is 0 Å². The third-order valence-corrected chi connectivity index (χ3v) is 3.96. The molecule has 0 amide bonds. The SMILES string of the molecule is COc1ccc(CC(C)(N)c2cccs2)cc1. The van der Waals surface area contributed by atoms with Crippen molar-refractivity contribution in [2.45, 2.75) is 18.9 Å². The van der Waals surface area contributed by atoms with Gasteiger partial charge in [0.1, 0.15) is 5.75 Å². The first kappa shape index (κ1) is 12.1. The molecule has 0 fully saturated rings. The molecular weight excluding hydrogens is 230 g/mol. The van der Waals surface area contributed by atoms with Gasteiger partial charge in [0.05, 0.1) is 12.6 Å². The van der Waals surface area contributed by atoms with Crippen molar-refractivity contribution in [2.75, 3.05) is 7.11 Å². The van der Waals surface area contributed by atoms with E-state index in [0.717, 1.165) is 12.2 Å². The molecule has 1 unspecified atom stereocenters. The van der Waals surface area contributed by atoms with Crippen LogP contribution in [0.1, 0.15) is 17.4 Å². The molecule has 0 bridgehead atoms. The Morgan fingerprint density at radius 3 is 2.47 bits per heavy atom. The van der Waals surface area contributed by atoms with Gasteiger partial charge in [0, 0.05) is 4.88 Å². The topological polar surface area (TPSA) is 35.2 Å². The highest BCUT2D eigenvalue weighted by atomic mass is 32.1. The lowest BCUT2D eigenvalue weighted by atomic mass is 9.92. The number of hydrogen-bond acceptors (Lipinski definition) is 3. The standard InChI is InChI=1S/C14H17NOS/c1-14(15,13-4-3-9-17-13)10-11-5-7-12(16-2)8-6-11/h3-9H,10,15H2,1-2H3. The first-order valence-electron chi connectivity index (χ1n) is 5.57. The maximum atomic E-state index is 6.36. The Morgan fingerprint density at radius 2 is 1.94 bits per heavy atom. The lowest BCUT2D eigenvalue weighted by Crippen LogP contribution is -2.34. The Hall–Kier alpha value is -1.32. The molecule has 90 valence electrons. The van der Waals surface area contributed by atoms with Crippen molar-refractivity contribution in [2.24, 2.45) is 5.73 Å². The van der Waals surface area contributed by atoms with Crippen molar-refractivity contribution in [3.63, 3.8) is 0 Å². The number of rotatable bonds is 4. The lowest BCUT2D eigenvalue weighted by molar-refractivity contribution is 0.414. The zero-order chi connectivity index (χ0) is 12.3. The number of nitrogens with two attached hydrogens (primary N) is 1. The maximum absolute atomic E-state index is 6.36. The summed E-state index contributed by atoms with van der Waals surface area (Å²) in [6, 6.07) is 12.2. The van der Waals surface area contributed by atoms with E-state index in [9.17, 15) is 0 Å². The molecule has 1 heterocycles. The van der Waals surface area contributed by atoms with Crippen molar-refractivity contribution in [3.8, 4) is 5.75 Å². The fraction of sp³-hybridized carbons (Fsp3) is 0.286. The van der Waals surface area contributed by atoms with Gasteiger partial charge in [-0.15, -0.1) is 11.3 Å². The van der Waals surface area contributed by atoms with E-state index >= 15 is 0 Å². The summed E-state index contributed by atoms with van der Waals surface area (Å²) >= 11 is 1.71. The average Bonchev–Trinajstić information content (AvgIpc) is 2.84. The highest BCUT2D eigenvalue weighted by molar-refractivity contribution is 7.10. The molecule has 2 nitrogen and oxygen atoms in total. The maximum Gasteiger partial charge on any atom is 0.118 e. The van der Waals surface area contributed by atoms with E-state index in [-0.39, 0.29) is 5.54 Å². The minimum absolute atomic E-state index is 0.303. The molecule has 0 saturated heterocycles. The highest BCUT2D eigenvalue weighted by Gasteiger charge is 2.22. The number of thiophene rings is 1. The van der Waals surface area contributed by atoms with E-state index in [0.29, 0.717) is 0 Å². The Kier molecular flexibility index (Phi) is 3.50. The van der Waals surface area contributed by atoms with Gasteiger partial charge >= 0.3 is 0 Å². The van der Waals surface area contributed by atoms with Gasteiger partial charge in [-0.3, -0.25) is 0 Å². The summed E-state index contributed by atoms with van der Waals surface area (Å²) in [7, 11) is 1.67. The van der Waals surface area contributed by atoms with Crippen LogP contribution in [0, 0.1) is 0 Å². The average molecular weight is 247 g/mol. The van der Waals surface area contributed by atoms with Crippen molar-refractivity contribution in [1.82, 2.24) is 0 Å². The van der Waals surface area contributed by atoms with Crippen molar-refractivity contribution in [1.29, 1.82) is 0 Å². The monoisotopic (exact) mass is 247 g/mol. The van der Waals surface area contributed by atoms with Crippen LogP contribution in [-0.4, -0.2) is 7.11 Å².